The van der Waals surface area contributed by atoms with E-state index >= 15 is 0 Å². The zero-order valence-corrected chi connectivity index (χ0v) is 21.0. The number of hydrogen-bond donors (Lipinski definition) is 1. The molecule has 9 heteroatoms. The van der Waals surface area contributed by atoms with E-state index in [0.717, 1.165) is 10.6 Å². The van der Waals surface area contributed by atoms with Crippen LogP contribution in [0.15, 0.2) is 59.6 Å². The second kappa shape index (κ2) is 8.47. The molecule has 0 bridgehead atoms. The lowest BCUT2D eigenvalue weighted by Gasteiger charge is -2.42. The van der Waals surface area contributed by atoms with Gasteiger partial charge in [-0.25, -0.2) is 0 Å². The molecule has 0 unspecified atom stereocenters. The molecule has 4 aliphatic rings. The molecule has 1 amide bonds. The van der Waals surface area contributed by atoms with Crippen LogP contribution >= 0.6 is 11.8 Å². The summed E-state index contributed by atoms with van der Waals surface area (Å²) in [5.74, 6) is -1.85. The van der Waals surface area contributed by atoms with Crippen LogP contribution in [0.2, 0.25) is 0 Å². The molecular weight excluding hydrogens is 478 g/mol. The lowest BCUT2D eigenvalue weighted by atomic mass is 9.70. The molecule has 3 atom stereocenters. The summed E-state index contributed by atoms with van der Waals surface area (Å²) in [6.45, 7) is 2.54. The number of para-hydroxylation sites is 1. The van der Waals surface area contributed by atoms with Crippen LogP contribution in [0.5, 0.6) is 0 Å². The summed E-state index contributed by atoms with van der Waals surface area (Å²) >= 11 is 1.35. The molecule has 2 fully saturated rings. The van der Waals surface area contributed by atoms with Gasteiger partial charge in [0.2, 0.25) is 0 Å². The largest absolute Gasteiger partial charge is 0.469 e. The number of esters is 1. The molecule has 0 saturated carbocycles. The van der Waals surface area contributed by atoms with E-state index in [4.69, 9.17) is 9.47 Å². The number of amides is 1. The second-order valence-corrected chi connectivity index (χ2v) is 10.7. The predicted octanol–water partition coefficient (Wildman–Crippen LogP) is 2.32. The van der Waals surface area contributed by atoms with Gasteiger partial charge in [-0.05, 0) is 18.7 Å². The smallest absolute Gasteiger partial charge is 0.311 e. The molecule has 4 aliphatic heterocycles. The van der Waals surface area contributed by atoms with Gasteiger partial charge < -0.3 is 19.7 Å². The first-order valence-electron chi connectivity index (χ1n) is 12.0. The highest BCUT2D eigenvalue weighted by molar-refractivity contribution is 8.06. The van der Waals surface area contributed by atoms with Crippen LogP contribution in [0.1, 0.15) is 11.1 Å². The number of carbonyl (C=O) groups is 3. The summed E-state index contributed by atoms with van der Waals surface area (Å²) in [7, 11) is 3.15. The molecule has 186 valence electrons. The zero-order valence-electron chi connectivity index (χ0n) is 20.2. The predicted molar refractivity (Wildman–Crippen MR) is 136 cm³/mol. The van der Waals surface area contributed by atoms with Gasteiger partial charge in [-0.2, -0.15) is 0 Å². The number of nitrogens with one attached hydrogen (secondary N) is 1. The van der Waals surface area contributed by atoms with Crippen molar-refractivity contribution in [2.45, 2.75) is 10.3 Å². The first-order chi connectivity index (χ1) is 17.5. The minimum Gasteiger partial charge on any atom is -0.469 e. The summed E-state index contributed by atoms with van der Waals surface area (Å²) in [6, 6.07) is 17.0. The van der Waals surface area contributed by atoms with E-state index in [1.165, 1.54) is 18.9 Å². The molecule has 2 spiro atoms. The highest BCUT2D eigenvalue weighted by Crippen LogP contribution is 2.66. The number of methoxy groups -OCH3 is 1. The van der Waals surface area contributed by atoms with Crippen molar-refractivity contribution in [3.05, 3.63) is 70.8 Å². The standard InChI is InChI=1S/C27H27N3O5S/c1-29-16-19(24(32)34-2)27(26(29)18-10-6-7-11-20(18)28-25(26)33)22(31)21(17-8-4-3-5-9-17)23(36-27)30-12-14-35-15-13-30/h3-11,19H,12-16H2,1-2H3,(H,28,33)/t19-,26-,27-/m0/s1. The van der Waals surface area contributed by atoms with Crippen LogP contribution < -0.4 is 5.32 Å². The quantitative estimate of drug-likeness (QED) is 0.636. The number of Topliss-reactive ketones (excluding diaryl/α,β-unsaturated/α-hetero) is 1. The van der Waals surface area contributed by atoms with E-state index < -0.39 is 22.2 Å². The van der Waals surface area contributed by atoms with E-state index in [1.807, 2.05) is 66.5 Å². The van der Waals surface area contributed by atoms with Gasteiger partial charge in [-0.15, -0.1) is 0 Å². The monoisotopic (exact) mass is 505 g/mol. The fraction of sp³-hybridized carbons (Fsp3) is 0.370. The number of fused-ring (bicyclic) bond motifs is 3. The Hall–Kier alpha value is -3.14. The molecular formula is C27H27N3O5S. The molecule has 1 N–H and O–H groups in total. The number of morpholine rings is 1. The van der Waals surface area contributed by atoms with Gasteiger partial charge in [0, 0.05) is 30.9 Å². The van der Waals surface area contributed by atoms with Gasteiger partial charge in [0.15, 0.2) is 11.3 Å². The number of allylic oxidation sites excluding steroid dienone is 1. The molecule has 0 radical (unpaired) electrons. The molecule has 2 aromatic rings. The lowest BCUT2D eigenvalue weighted by molar-refractivity contribution is -0.147. The van der Waals surface area contributed by atoms with Crippen molar-refractivity contribution in [1.82, 2.24) is 9.80 Å². The first-order valence-corrected chi connectivity index (χ1v) is 12.8. The van der Waals surface area contributed by atoms with E-state index in [0.29, 0.717) is 43.1 Å². The highest BCUT2D eigenvalue weighted by Gasteiger charge is 2.78. The van der Waals surface area contributed by atoms with Crippen LogP contribution in [0, 0.1) is 5.92 Å². The Morgan fingerprint density at radius 2 is 1.78 bits per heavy atom. The van der Waals surface area contributed by atoms with Crippen molar-refractivity contribution in [1.29, 1.82) is 0 Å². The fourth-order valence-corrected chi connectivity index (χ4v) is 8.24. The van der Waals surface area contributed by atoms with Gasteiger partial charge in [0.1, 0.15) is 4.75 Å². The minimum atomic E-state index is -1.44. The van der Waals surface area contributed by atoms with Crippen molar-refractivity contribution >= 4 is 40.7 Å². The third kappa shape index (κ3) is 2.87. The number of ether oxygens (including phenoxy) is 2. The number of rotatable bonds is 3. The van der Waals surface area contributed by atoms with Gasteiger partial charge in [-0.3, -0.25) is 19.3 Å². The summed E-state index contributed by atoms with van der Waals surface area (Å²) < 4.78 is 9.40. The maximum Gasteiger partial charge on any atom is 0.311 e. The fourth-order valence-electron chi connectivity index (χ4n) is 6.30. The molecule has 6 rings (SSSR count). The summed E-state index contributed by atoms with van der Waals surface area (Å²) in [5, 5.41) is 3.80. The maximum absolute atomic E-state index is 14.9. The third-order valence-electron chi connectivity index (χ3n) is 7.83. The van der Waals surface area contributed by atoms with E-state index in [1.54, 1.807) is 0 Å². The van der Waals surface area contributed by atoms with Crippen LogP contribution in [0.3, 0.4) is 0 Å². The van der Waals surface area contributed by atoms with Gasteiger partial charge in [0.05, 0.1) is 36.8 Å². The number of nitrogens with zero attached hydrogens (tertiary/aromatic N) is 2. The number of hydrogen-bond acceptors (Lipinski definition) is 8. The average molecular weight is 506 g/mol. The van der Waals surface area contributed by atoms with Gasteiger partial charge in [0.25, 0.3) is 5.91 Å². The number of ketones is 1. The summed E-state index contributed by atoms with van der Waals surface area (Å²) in [4.78, 5) is 46.3. The number of carbonyl (C=O) groups excluding carboxylic acids is 3. The molecule has 4 heterocycles. The Labute approximate surface area is 213 Å². The van der Waals surface area contributed by atoms with Crippen LogP contribution in [0.4, 0.5) is 5.69 Å². The van der Waals surface area contributed by atoms with Gasteiger partial charge in [-0.1, -0.05) is 60.3 Å². The zero-order chi connectivity index (χ0) is 25.1. The van der Waals surface area contributed by atoms with Crippen LogP contribution in [-0.4, -0.2) is 79.2 Å². The average Bonchev–Trinajstić information content (AvgIpc) is 3.49. The minimum absolute atomic E-state index is 0.214. The first kappa shape index (κ1) is 23.3. The van der Waals surface area contributed by atoms with Crippen molar-refractivity contribution in [2.24, 2.45) is 5.92 Å². The van der Waals surface area contributed by atoms with Crippen molar-refractivity contribution in [3.63, 3.8) is 0 Å². The number of anilines is 1. The number of benzene rings is 2. The Morgan fingerprint density at radius 1 is 1.08 bits per heavy atom. The van der Waals surface area contributed by atoms with Crippen molar-refractivity contribution in [2.75, 3.05) is 52.3 Å². The summed E-state index contributed by atoms with van der Waals surface area (Å²) in [6.07, 6.45) is 0. The topological polar surface area (TPSA) is 88.2 Å². The van der Waals surface area contributed by atoms with Crippen molar-refractivity contribution in [3.8, 4) is 0 Å². The SMILES string of the molecule is COC(=O)[C@@H]1CN(C)[C@@]2(C(=O)Nc3ccccc32)[C@]12SC(N1CCOCC1)=C(c1ccccc1)C2=O. The number of likely N-dealkylation sites (N-methyl/N-ethyl adjacent to an activating group) is 1. The van der Waals surface area contributed by atoms with Crippen LogP contribution in [-0.2, 0) is 29.4 Å². The van der Waals surface area contributed by atoms with E-state index in [-0.39, 0.29) is 18.2 Å². The molecule has 36 heavy (non-hydrogen) atoms. The third-order valence-corrected chi connectivity index (χ3v) is 9.58. The Kier molecular flexibility index (Phi) is 5.47. The Bertz CT molecular complexity index is 1290. The maximum atomic E-state index is 14.9. The van der Waals surface area contributed by atoms with E-state index in [9.17, 15) is 14.4 Å². The van der Waals surface area contributed by atoms with E-state index in [2.05, 4.69) is 10.2 Å². The summed E-state index contributed by atoms with van der Waals surface area (Å²) in [5.41, 5.74) is 1.31. The number of likely N-dealkylation sites (tertiary alicyclic amines) is 1. The van der Waals surface area contributed by atoms with Crippen LogP contribution in [0.25, 0.3) is 5.57 Å². The molecule has 8 nitrogen and oxygen atoms in total. The Morgan fingerprint density at radius 3 is 2.50 bits per heavy atom. The molecule has 0 aromatic heterocycles. The highest BCUT2D eigenvalue weighted by atomic mass is 32.2. The second-order valence-electron chi connectivity index (χ2n) is 9.48. The van der Waals surface area contributed by atoms with Crippen molar-refractivity contribution < 1.29 is 23.9 Å². The normalized spacial score (nSPS) is 29.8. The Balaban J connectivity index is 1.62. The lowest BCUT2D eigenvalue weighted by Crippen LogP contribution is -2.62. The number of thioether (sulfide) groups is 1. The molecule has 0 aliphatic carbocycles. The molecule has 2 aromatic carbocycles. The van der Waals surface area contributed by atoms with Gasteiger partial charge >= 0.3 is 5.97 Å². The molecule has 2 saturated heterocycles.